The van der Waals surface area contributed by atoms with Crippen molar-refractivity contribution < 1.29 is 14.3 Å². The van der Waals surface area contributed by atoms with Crippen molar-refractivity contribution in [2.75, 3.05) is 12.9 Å². The van der Waals surface area contributed by atoms with Gasteiger partial charge < -0.3 is 14.6 Å². The van der Waals surface area contributed by atoms with Crippen LogP contribution in [-0.2, 0) is 14.3 Å². The van der Waals surface area contributed by atoms with Gasteiger partial charge in [0.1, 0.15) is 12.4 Å². The maximum absolute atomic E-state index is 11.7. The first kappa shape index (κ1) is 13.9. The van der Waals surface area contributed by atoms with Crippen LogP contribution in [0.25, 0.3) is 0 Å². The predicted octanol–water partition coefficient (Wildman–Crippen LogP) is 0.383. The average molecular weight is 284 g/mol. The first-order valence-corrected chi connectivity index (χ1v) is 7.00. The fraction of sp³-hybridized carbons (Fsp3) is 0.636. The molecule has 1 fully saturated rings. The summed E-state index contributed by atoms with van der Waals surface area (Å²) in [4.78, 5) is 22.8. The van der Waals surface area contributed by atoms with Crippen molar-refractivity contribution in [1.29, 1.82) is 0 Å². The van der Waals surface area contributed by atoms with Crippen LogP contribution in [0, 0.1) is 0 Å². The number of ether oxygens (including phenoxy) is 1. The molecule has 1 saturated carbocycles. The number of hydrogen-bond acceptors (Lipinski definition) is 6. The Kier molecular flexibility index (Phi) is 4.41. The molecule has 0 aliphatic heterocycles. The Bertz CT molecular complexity index is 472. The molecule has 0 radical (unpaired) electrons. The molecule has 0 aromatic carbocycles. The lowest BCUT2D eigenvalue weighted by atomic mass is 10.3. The summed E-state index contributed by atoms with van der Waals surface area (Å²) in [7, 11) is 1.29. The van der Waals surface area contributed by atoms with Gasteiger partial charge in [-0.05, 0) is 19.8 Å². The SMILES string of the molecule is COC(=O)C(C)NC(=O)CSc1nncn1C1CC1. The Morgan fingerprint density at radius 3 is 3.00 bits per heavy atom. The molecule has 1 atom stereocenters. The molecule has 8 heteroatoms. The number of aromatic nitrogens is 3. The number of amides is 1. The molecule has 0 spiro atoms. The van der Waals surface area contributed by atoms with Gasteiger partial charge in [-0.3, -0.25) is 4.79 Å². The van der Waals surface area contributed by atoms with Crippen molar-refractivity contribution in [2.24, 2.45) is 0 Å². The summed E-state index contributed by atoms with van der Waals surface area (Å²) in [6.45, 7) is 1.58. The van der Waals surface area contributed by atoms with E-state index in [0.717, 1.165) is 18.0 Å². The van der Waals surface area contributed by atoms with Gasteiger partial charge in [0.2, 0.25) is 5.91 Å². The lowest BCUT2D eigenvalue weighted by Gasteiger charge is -2.11. The molecule has 1 heterocycles. The van der Waals surface area contributed by atoms with Gasteiger partial charge in [-0.1, -0.05) is 11.8 Å². The van der Waals surface area contributed by atoms with Crippen molar-refractivity contribution in [2.45, 2.75) is 37.0 Å². The van der Waals surface area contributed by atoms with Crippen LogP contribution in [0.1, 0.15) is 25.8 Å². The van der Waals surface area contributed by atoms with Crippen molar-refractivity contribution in [3.05, 3.63) is 6.33 Å². The zero-order valence-corrected chi connectivity index (χ0v) is 11.6. The Morgan fingerprint density at radius 2 is 2.37 bits per heavy atom. The molecule has 0 bridgehead atoms. The third-order valence-electron chi connectivity index (χ3n) is 2.75. The van der Waals surface area contributed by atoms with E-state index in [2.05, 4.69) is 20.3 Å². The highest BCUT2D eigenvalue weighted by Crippen LogP contribution is 2.37. The maximum Gasteiger partial charge on any atom is 0.328 e. The molecule has 19 heavy (non-hydrogen) atoms. The Morgan fingerprint density at radius 1 is 1.63 bits per heavy atom. The first-order chi connectivity index (χ1) is 9.11. The van der Waals surface area contributed by atoms with E-state index in [1.54, 1.807) is 13.3 Å². The number of rotatable bonds is 6. The number of carbonyl (C=O) groups is 2. The standard InChI is InChI=1S/C11H16N4O3S/c1-7(10(17)18-2)13-9(16)5-19-11-14-12-6-15(11)8-3-4-8/h6-8H,3-5H2,1-2H3,(H,13,16). The van der Waals surface area contributed by atoms with Crippen molar-refractivity contribution in [1.82, 2.24) is 20.1 Å². The molecule has 1 aliphatic carbocycles. The summed E-state index contributed by atoms with van der Waals surface area (Å²) in [6, 6.07) is -0.158. The van der Waals surface area contributed by atoms with Gasteiger partial charge in [0.15, 0.2) is 5.16 Å². The Labute approximate surface area is 115 Å². The summed E-state index contributed by atoms with van der Waals surface area (Å²) in [5.74, 6) is -0.486. The minimum atomic E-state index is -0.639. The molecule has 104 valence electrons. The highest BCUT2D eigenvalue weighted by Gasteiger charge is 2.26. The van der Waals surface area contributed by atoms with Crippen molar-refractivity contribution in [3.63, 3.8) is 0 Å². The maximum atomic E-state index is 11.7. The number of esters is 1. The topological polar surface area (TPSA) is 86.1 Å². The molecule has 0 saturated heterocycles. The van der Waals surface area contributed by atoms with Crippen LogP contribution in [0.5, 0.6) is 0 Å². The molecule has 1 amide bonds. The van der Waals surface area contributed by atoms with E-state index in [4.69, 9.17) is 0 Å². The highest BCUT2D eigenvalue weighted by atomic mass is 32.2. The van der Waals surface area contributed by atoms with Crippen LogP contribution in [-0.4, -0.2) is 45.5 Å². The molecule has 7 nitrogen and oxygen atoms in total. The Hall–Kier alpha value is -1.57. The second-order valence-electron chi connectivity index (χ2n) is 4.35. The molecular weight excluding hydrogens is 268 g/mol. The molecule has 1 aliphatic rings. The van der Waals surface area contributed by atoms with Gasteiger partial charge in [0, 0.05) is 6.04 Å². The van der Waals surface area contributed by atoms with Crippen LogP contribution in [0.2, 0.25) is 0 Å². The summed E-state index contributed by atoms with van der Waals surface area (Å²) in [5.41, 5.74) is 0. The lowest BCUT2D eigenvalue weighted by molar-refractivity contribution is -0.144. The normalized spacial score (nSPS) is 15.9. The number of hydrogen-bond donors (Lipinski definition) is 1. The summed E-state index contributed by atoms with van der Waals surface area (Å²) >= 11 is 1.32. The van der Waals surface area contributed by atoms with Gasteiger partial charge >= 0.3 is 5.97 Å². The van der Waals surface area contributed by atoms with E-state index in [-0.39, 0.29) is 11.7 Å². The lowest BCUT2D eigenvalue weighted by Crippen LogP contribution is -2.40. The minimum absolute atomic E-state index is 0.201. The molecule has 1 unspecified atom stereocenters. The monoisotopic (exact) mass is 284 g/mol. The van der Waals surface area contributed by atoms with Gasteiger partial charge in [0.05, 0.1) is 12.9 Å². The Balaban J connectivity index is 1.80. The van der Waals surface area contributed by atoms with Crippen LogP contribution in [0.3, 0.4) is 0 Å². The van der Waals surface area contributed by atoms with E-state index in [1.165, 1.54) is 18.9 Å². The number of methoxy groups -OCH3 is 1. The number of carbonyl (C=O) groups excluding carboxylic acids is 2. The first-order valence-electron chi connectivity index (χ1n) is 6.01. The van der Waals surface area contributed by atoms with Gasteiger partial charge in [-0.2, -0.15) is 0 Å². The molecule has 1 aromatic heterocycles. The quantitative estimate of drug-likeness (QED) is 0.600. The van der Waals surface area contributed by atoms with E-state index >= 15 is 0 Å². The minimum Gasteiger partial charge on any atom is -0.467 e. The van der Waals surface area contributed by atoms with E-state index in [1.807, 2.05) is 4.57 Å². The fourth-order valence-corrected chi connectivity index (χ4v) is 2.38. The zero-order valence-electron chi connectivity index (χ0n) is 10.8. The highest BCUT2D eigenvalue weighted by molar-refractivity contribution is 7.99. The smallest absolute Gasteiger partial charge is 0.328 e. The number of nitrogens with one attached hydrogen (secondary N) is 1. The summed E-state index contributed by atoms with van der Waals surface area (Å²) in [5, 5.41) is 11.1. The second kappa shape index (κ2) is 6.05. The van der Waals surface area contributed by atoms with Crippen molar-refractivity contribution >= 4 is 23.6 Å². The average Bonchev–Trinajstić information content (AvgIpc) is 3.14. The van der Waals surface area contributed by atoms with E-state index < -0.39 is 12.0 Å². The van der Waals surface area contributed by atoms with Crippen LogP contribution >= 0.6 is 11.8 Å². The zero-order chi connectivity index (χ0) is 13.8. The molecule has 2 rings (SSSR count). The number of thioether (sulfide) groups is 1. The molecular formula is C11H16N4O3S. The van der Waals surface area contributed by atoms with Crippen LogP contribution in [0.4, 0.5) is 0 Å². The second-order valence-corrected chi connectivity index (χ2v) is 5.30. The largest absolute Gasteiger partial charge is 0.467 e. The number of nitrogens with zero attached hydrogens (tertiary/aromatic N) is 3. The molecule has 1 N–H and O–H groups in total. The summed E-state index contributed by atoms with van der Waals surface area (Å²) < 4.78 is 6.52. The molecule has 1 aromatic rings. The van der Waals surface area contributed by atoms with Gasteiger partial charge in [-0.15, -0.1) is 10.2 Å². The van der Waals surface area contributed by atoms with Crippen molar-refractivity contribution in [3.8, 4) is 0 Å². The van der Waals surface area contributed by atoms with E-state index in [9.17, 15) is 9.59 Å². The van der Waals surface area contributed by atoms with E-state index in [0.29, 0.717) is 6.04 Å². The third-order valence-corrected chi connectivity index (χ3v) is 3.70. The van der Waals surface area contributed by atoms with Crippen LogP contribution < -0.4 is 5.32 Å². The van der Waals surface area contributed by atoms with Gasteiger partial charge in [-0.25, -0.2) is 4.79 Å². The van der Waals surface area contributed by atoms with Gasteiger partial charge in [0.25, 0.3) is 0 Å². The fourth-order valence-electron chi connectivity index (χ4n) is 1.59. The predicted molar refractivity (Wildman–Crippen MR) is 68.6 cm³/mol. The summed E-state index contributed by atoms with van der Waals surface area (Å²) in [6.07, 6.45) is 3.96. The van der Waals surface area contributed by atoms with Crippen LogP contribution in [0.15, 0.2) is 11.5 Å². The third kappa shape index (κ3) is 3.69.